The minimum absolute atomic E-state index is 0.0562. The van der Waals surface area contributed by atoms with E-state index in [4.69, 9.17) is 4.74 Å². The second-order valence-corrected chi connectivity index (χ2v) is 7.27. The van der Waals surface area contributed by atoms with E-state index < -0.39 is 0 Å². The highest BCUT2D eigenvalue weighted by Crippen LogP contribution is 2.36. The monoisotopic (exact) mass is 296 g/mol. The number of nitrogens with zero attached hydrogens (tertiary/aromatic N) is 2. The number of likely N-dealkylation sites (N-methyl/N-ethyl adjacent to an activating group) is 1. The average Bonchev–Trinajstić information content (AvgIpc) is 2.48. The van der Waals surface area contributed by atoms with Gasteiger partial charge in [0.2, 0.25) is 5.91 Å². The number of hydrogen-bond donors (Lipinski definition) is 0. The molecule has 0 aromatic rings. The van der Waals surface area contributed by atoms with Crippen LogP contribution in [-0.2, 0) is 9.53 Å². The van der Waals surface area contributed by atoms with Crippen LogP contribution in [0.1, 0.15) is 52.9 Å². The summed E-state index contributed by atoms with van der Waals surface area (Å²) in [5.41, 5.74) is -0.0562. The molecule has 0 atom stereocenters. The third-order valence-electron chi connectivity index (χ3n) is 5.26. The van der Waals surface area contributed by atoms with Crippen LogP contribution < -0.4 is 0 Å². The molecule has 0 aromatic carbocycles. The summed E-state index contributed by atoms with van der Waals surface area (Å²) < 4.78 is 5.97. The van der Waals surface area contributed by atoms with Gasteiger partial charge >= 0.3 is 0 Å². The summed E-state index contributed by atoms with van der Waals surface area (Å²) in [6.45, 7) is 9.71. The number of carbonyl (C=O) groups excluding carboxylic acids is 1. The van der Waals surface area contributed by atoms with E-state index in [0.717, 1.165) is 31.8 Å². The van der Waals surface area contributed by atoms with Crippen LogP contribution in [0, 0.1) is 5.92 Å². The molecule has 122 valence electrons. The van der Waals surface area contributed by atoms with Gasteiger partial charge in [-0.15, -0.1) is 0 Å². The first-order valence-corrected chi connectivity index (χ1v) is 8.58. The lowest BCUT2D eigenvalue weighted by Crippen LogP contribution is -2.57. The van der Waals surface area contributed by atoms with Crippen molar-refractivity contribution in [3.05, 3.63) is 0 Å². The predicted molar refractivity (Wildman–Crippen MR) is 85.3 cm³/mol. The lowest BCUT2D eigenvalue weighted by atomic mass is 9.80. The largest absolute Gasteiger partial charge is 0.363 e. The molecule has 0 radical (unpaired) electrons. The second-order valence-electron chi connectivity index (χ2n) is 7.27. The van der Waals surface area contributed by atoms with Crippen molar-refractivity contribution < 1.29 is 9.53 Å². The third kappa shape index (κ3) is 4.19. The summed E-state index contributed by atoms with van der Waals surface area (Å²) in [4.78, 5) is 16.3. The number of rotatable bonds is 5. The molecular formula is C17H32N2O2. The summed E-state index contributed by atoms with van der Waals surface area (Å²) in [6, 6.07) is 0.686. The second kappa shape index (κ2) is 7.10. The zero-order valence-corrected chi connectivity index (χ0v) is 14.2. The van der Waals surface area contributed by atoms with E-state index in [1.54, 1.807) is 0 Å². The molecule has 4 nitrogen and oxygen atoms in total. The SMILES string of the molecule is CCN1CC2(CCC(N(C)CCC(C)C)CC2)OCC1=O. The molecule has 4 heteroatoms. The van der Waals surface area contributed by atoms with Crippen molar-refractivity contribution in [3.63, 3.8) is 0 Å². The minimum atomic E-state index is -0.0562. The number of ether oxygens (including phenoxy) is 1. The molecule has 2 fully saturated rings. The highest BCUT2D eigenvalue weighted by atomic mass is 16.5. The fraction of sp³-hybridized carbons (Fsp3) is 0.941. The summed E-state index contributed by atoms with van der Waals surface area (Å²) in [6.07, 6.45) is 5.84. The van der Waals surface area contributed by atoms with E-state index in [1.807, 2.05) is 4.90 Å². The quantitative estimate of drug-likeness (QED) is 0.781. The van der Waals surface area contributed by atoms with Crippen LogP contribution in [0.3, 0.4) is 0 Å². The molecule has 1 saturated carbocycles. The Morgan fingerprint density at radius 2 is 2.05 bits per heavy atom. The minimum Gasteiger partial charge on any atom is -0.363 e. The number of hydrogen-bond acceptors (Lipinski definition) is 3. The zero-order chi connectivity index (χ0) is 15.5. The molecule has 1 aliphatic carbocycles. The Hall–Kier alpha value is -0.610. The predicted octanol–water partition coefficient (Wildman–Crippen LogP) is 2.52. The first-order chi connectivity index (χ1) is 9.96. The van der Waals surface area contributed by atoms with E-state index in [1.165, 1.54) is 25.8 Å². The van der Waals surface area contributed by atoms with Crippen molar-refractivity contribution in [3.8, 4) is 0 Å². The number of amides is 1. The molecule has 0 bridgehead atoms. The van der Waals surface area contributed by atoms with Gasteiger partial charge in [-0.25, -0.2) is 0 Å². The Labute approximate surface area is 129 Å². The van der Waals surface area contributed by atoms with E-state index in [9.17, 15) is 4.79 Å². The molecule has 2 aliphatic rings. The topological polar surface area (TPSA) is 32.8 Å². The summed E-state index contributed by atoms with van der Waals surface area (Å²) >= 11 is 0. The van der Waals surface area contributed by atoms with E-state index in [-0.39, 0.29) is 18.1 Å². The van der Waals surface area contributed by atoms with Gasteiger partial charge in [0.15, 0.2) is 0 Å². The maximum Gasteiger partial charge on any atom is 0.248 e. The molecule has 0 aromatic heterocycles. The van der Waals surface area contributed by atoms with Gasteiger partial charge in [-0.2, -0.15) is 0 Å². The van der Waals surface area contributed by atoms with Gasteiger partial charge in [-0.3, -0.25) is 4.79 Å². The Morgan fingerprint density at radius 1 is 1.38 bits per heavy atom. The molecule has 2 rings (SSSR count). The molecular weight excluding hydrogens is 264 g/mol. The van der Waals surface area contributed by atoms with E-state index >= 15 is 0 Å². The Kier molecular flexibility index (Phi) is 5.67. The molecule has 0 unspecified atom stereocenters. The van der Waals surface area contributed by atoms with Crippen molar-refractivity contribution in [1.29, 1.82) is 0 Å². The maximum absolute atomic E-state index is 11.8. The molecule has 1 amide bonds. The van der Waals surface area contributed by atoms with Gasteiger partial charge < -0.3 is 14.5 Å². The summed E-state index contributed by atoms with van der Waals surface area (Å²) in [7, 11) is 2.26. The lowest BCUT2D eigenvalue weighted by Gasteiger charge is -2.47. The average molecular weight is 296 g/mol. The molecule has 0 N–H and O–H groups in total. The van der Waals surface area contributed by atoms with Gasteiger partial charge in [-0.05, 0) is 58.5 Å². The van der Waals surface area contributed by atoms with Gasteiger partial charge in [0.25, 0.3) is 0 Å². The van der Waals surface area contributed by atoms with Gasteiger partial charge in [0.1, 0.15) is 6.61 Å². The standard InChI is InChI=1S/C17H32N2O2/c1-5-19-13-17(21-12-16(19)20)9-6-15(7-10-17)18(4)11-8-14(2)3/h14-15H,5-13H2,1-4H3. The van der Waals surface area contributed by atoms with E-state index in [0.29, 0.717) is 6.04 Å². The van der Waals surface area contributed by atoms with Crippen molar-refractivity contribution >= 4 is 5.91 Å². The van der Waals surface area contributed by atoms with Gasteiger partial charge in [0, 0.05) is 19.1 Å². The highest BCUT2D eigenvalue weighted by Gasteiger charge is 2.42. The molecule has 1 aliphatic heterocycles. The maximum atomic E-state index is 11.8. The Balaban J connectivity index is 1.83. The van der Waals surface area contributed by atoms with Crippen LogP contribution in [-0.4, -0.2) is 60.6 Å². The Morgan fingerprint density at radius 3 is 2.62 bits per heavy atom. The smallest absolute Gasteiger partial charge is 0.248 e. The van der Waals surface area contributed by atoms with E-state index in [2.05, 4.69) is 32.7 Å². The zero-order valence-electron chi connectivity index (χ0n) is 14.2. The summed E-state index contributed by atoms with van der Waals surface area (Å²) in [5.74, 6) is 0.924. The third-order valence-corrected chi connectivity index (χ3v) is 5.26. The highest BCUT2D eigenvalue weighted by molar-refractivity contribution is 5.78. The molecule has 1 heterocycles. The first kappa shape index (κ1) is 16.8. The fourth-order valence-corrected chi connectivity index (χ4v) is 3.59. The van der Waals surface area contributed by atoms with Gasteiger partial charge in [0.05, 0.1) is 5.60 Å². The number of carbonyl (C=O) groups is 1. The summed E-state index contributed by atoms with van der Waals surface area (Å²) in [5, 5.41) is 0. The van der Waals surface area contributed by atoms with Crippen LogP contribution in [0.15, 0.2) is 0 Å². The molecule has 1 saturated heterocycles. The van der Waals surface area contributed by atoms with Crippen molar-refractivity contribution in [2.45, 2.75) is 64.5 Å². The molecule has 21 heavy (non-hydrogen) atoms. The van der Waals surface area contributed by atoms with Crippen LogP contribution in [0.25, 0.3) is 0 Å². The number of morpholine rings is 1. The van der Waals surface area contributed by atoms with Crippen LogP contribution in [0.2, 0.25) is 0 Å². The fourth-order valence-electron chi connectivity index (χ4n) is 3.59. The van der Waals surface area contributed by atoms with Crippen LogP contribution >= 0.6 is 0 Å². The van der Waals surface area contributed by atoms with Gasteiger partial charge in [-0.1, -0.05) is 13.8 Å². The van der Waals surface area contributed by atoms with Crippen molar-refractivity contribution in [2.24, 2.45) is 5.92 Å². The molecule has 1 spiro atoms. The first-order valence-electron chi connectivity index (χ1n) is 8.58. The van der Waals surface area contributed by atoms with Crippen LogP contribution in [0.4, 0.5) is 0 Å². The van der Waals surface area contributed by atoms with Crippen molar-refractivity contribution in [1.82, 2.24) is 9.80 Å². The Bertz CT molecular complexity index is 349. The van der Waals surface area contributed by atoms with Crippen LogP contribution in [0.5, 0.6) is 0 Å². The lowest BCUT2D eigenvalue weighted by molar-refractivity contribution is -0.170. The van der Waals surface area contributed by atoms with Crippen molar-refractivity contribution in [2.75, 3.05) is 33.3 Å². The normalized spacial score (nSPS) is 30.7.